The van der Waals surface area contributed by atoms with Crippen LogP contribution in [0.2, 0.25) is 0 Å². The van der Waals surface area contributed by atoms with Crippen LogP contribution in [0.15, 0.2) is 0 Å². The second-order valence-electron chi connectivity index (χ2n) is 6.87. The minimum Gasteiger partial charge on any atom is -0.195 e. The molecule has 0 spiro atoms. The zero-order chi connectivity index (χ0) is 14.9. The van der Waals surface area contributed by atoms with Crippen LogP contribution >= 0.6 is 11.6 Å². The van der Waals surface area contributed by atoms with Crippen molar-refractivity contribution in [2.45, 2.75) is 57.4 Å². The van der Waals surface area contributed by atoms with Crippen molar-refractivity contribution < 1.29 is 8.42 Å². The lowest BCUT2D eigenvalue weighted by Gasteiger charge is -2.45. The van der Waals surface area contributed by atoms with Crippen molar-refractivity contribution in [1.82, 2.24) is 8.61 Å². The fraction of sp³-hybridized carbons (Fsp3) is 1.00. The van der Waals surface area contributed by atoms with E-state index in [1.807, 2.05) is 4.31 Å². The van der Waals surface area contributed by atoms with E-state index in [9.17, 15) is 8.42 Å². The first kappa shape index (κ1) is 16.0. The summed E-state index contributed by atoms with van der Waals surface area (Å²) in [4.78, 5) is 0. The van der Waals surface area contributed by atoms with Crippen molar-refractivity contribution >= 4 is 21.8 Å². The number of hydrogen-bond donors (Lipinski definition) is 0. The lowest BCUT2D eigenvalue weighted by Crippen LogP contribution is -2.55. The van der Waals surface area contributed by atoms with Gasteiger partial charge in [0.05, 0.1) is 0 Å². The van der Waals surface area contributed by atoms with Gasteiger partial charge in [-0.3, -0.25) is 0 Å². The van der Waals surface area contributed by atoms with Crippen molar-refractivity contribution in [2.75, 3.05) is 25.5 Å². The van der Waals surface area contributed by atoms with Gasteiger partial charge in [0.2, 0.25) is 0 Å². The highest BCUT2D eigenvalue weighted by Gasteiger charge is 2.42. The Morgan fingerprint density at radius 1 is 0.905 bits per heavy atom. The van der Waals surface area contributed by atoms with Crippen molar-refractivity contribution in [3.05, 3.63) is 0 Å². The molecule has 21 heavy (non-hydrogen) atoms. The first-order chi connectivity index (χ1) is 10.1. The van der Waals surface area contributed by atoms with E-state index in [4.69, 9.17) is 11.6 Å². The topological polar surface area (TPSA) is 40.6 Å². The summed E-state index contributed by atoms with van der Waals surface area (Å²) in [7, 11) is -3.26. The highest BCUT2D eigenvalue weighted by molar-refractivity contribution is 7.86. The number of alkyl halides is 1. The molecule has 2 heterocycles. The average molecular weight is 335 g/mol. The Morgan fingerprint density at radius 2 is 1.57 bits per heavy atom. The van der Waals surface area contributed by atoms with Crippen LogP contribution < -0.4 is 0 Å². The summed E-state index contributed by atoms with van der Waals surface area (Å²) >= 11 is 5.90. The van der Waals surface area contributed by atoms with Gasteiger partial charge in [0, 0.05) is 31.6 Å². The zero-order valence-electron chi connectivity index (χ0n) is 12.7. The van der Waals surface area contributed by atoms with Gasteiger partial charge in [0.15, 0.2) is 0 Å². The molecule has 122 valence electrons. The average Bonchev–Trinajstić information content (AvgIpc) is 2.54. The van der Waals surface area contributed by atoms with E-state index in [0.717, 1.165) is 32.2 Å². The van der Waals surface area contributed by atoms with Crippen molar-refractivity contribution in [3.63, 3.8) is 0 Å². The molecule has 2 atom stereocenters. The van der Waals surface area contributed by atoms with Crippen LogP contribution in [0.25, 0.3) is 0 Å². The Hall–Kier alpha value is 0.160. The van der Waals surface area contributed by atoms with Gasteiger partial charge in [-0.25, -0.2) is 0 Å². The normalized spacial score (nSPS) is 33.8. The smallest absolute Gasteiger partial charge is 0.195 e. The van der Waals surface area contributed by atoms with E-state index in [0.29, 0.717) is 30.8 Å². The monoisotopic (exact) mass is 334 g/mol. The van der Waals surface area contributed by atoms with Gasteiger partial charge in [0.25, 0.3) is 10.2 Å². The van der Waals surface area contributed by atoms with E-state index in [1.54, 1.807) is 4.31 Å². The Balaban J connectivity index is 1.71. The zero-order valence-corrected chi connectivity index (χ0v) is 14.3. The van der Waals surface area contributed by atoms with Crippen molar-refractivity contribution in [1.29, 1.82) is 0 Å². The van der Waals surface area contributed by atoms with E-state index in [-0.39, 0.29) is 6.04 Å². The van der Waals surface area contributed by atoms with Crippen LogP contribution in [0.5, 0.6) is 0 Å². The summed E-state index contributed by atoms with van der Waals surface area (Å²) in [5.41, 5.74) is 0. The molecule has 0 N–H and O–H groups in total. The predicted molar refractivity (Wildman–Crippen MR) is 85.6 cm³/mol. The molecular formula is C15H27ClN2O2S. The Bertz CT molecular complexity index is 447. The minimum absolute atomic E-state index is 0.267. The number of fused-ring (bicyclic) bond motifs is 1. The number of halogens is 1. The summed E-state index contributed by atoms with van der Waals surface area (Å²) in [5.74, 6) is 1.74. The van der Waals surface area contributed by atoms with E-state index in [2.05, 4.69) is 0 Å². The molecule has 3 fully saturated rings. The minimum atomic E-state index is -3.26. The summed E-state index contributed by atoms with van der Waals surface area (Å²) in [5, 5.41) is 0. The second-order valence-corrected chi connectivity index (χ2v) is 9.06. The Labute approximate surface area is 134 Å². The standard InChI is InChI=1S/C15H27ClN2O2S/c16-12-13-7-10-17(11-8-13)21(19,20)18-9-3-5-14-4-1-2-6-15(14)18/h13-15H,1-12H2/t14-,15-/m1/s1. The number of piperidine rings is 2. The first-order valence-corrected chi connectivity index (χ1v) is 10.4. The van der Waals surface area contributed by atoms with Crippen LogP contribution in [0.3, 0.4) is 0 Å². The lowest BCUT2D eigenvalue weighted by atomic mass is 9.79. The maximum Gasteiger partial charge on any atom is 0.282 e. The highest BCUT2D eigenvalue weighted by Crippen LogP contribution is 2.37. The third-order valence-corrected chi connectivity index (χ3v) is 8.11. The fourth-order valence-electron chi connectivity index (χ4n) is 4.31. The van der Waals surface area contributed by atoms with E-state index >= 15 is 0 Å². The van der Waals surface area contributed by atoms with Crippen LogP contribution in [0.1, 0.15) is 51.4 Å². The summed E-state index contributed by atoms with van der Waals surface area (Å²) in [6, 6.07) is 0.267. The number of rotatable bonds is 3. The molecule has 0 aromatic carbocycles. The molecule has 3 rings (SSSR count). The highest BCUT2D eigenvalue weighted by atomic mass is 35.5. The Kier molecular flexibility index (Phi) is 5.14. The van der Waals surface area contributed by atoms with Gasteiger partial charge in [-0.05, 0) is 50.4 Å². The van der Waals surface area contributed by atoms with Crippen LogP contribution in [-0.4, -0.2) is 48.6 Å². The van der Waals surface area contributed by atoms with E-state index in [1.165, 1.54) is 25.7 Å². The molecule has 4 nitrogen and oxygen atoms in total. The molecule has 2 saturated heterocycles. The summed E-state index contributed by atoms with van der Waals surface area (Å²) < 4.78 is 29.6. The third kappa shape index (κ3) is 3.26. The molecule has 0 bridgehead atoms. The molecule has 2 aliphatic heterocycles. The van der Waals surface area contributed by atoms with Gasteiger partial charge in [-0.2, -0.15) is 17.0 Å². The van der Waals surface area contributed by atoms with Crippen LogP contribution in [-0.2, 0) is 10.2 Å². The van der Waals surface area contributed by atoms with Crippen LogP contribution in [0, 0.1) is 11.8 Å². The number of nitrogens with zero attached hydrogens (tertiary/aromatic N) is 2. The quantitative estimate of drug-likeness (QED) is 0.745. The molecule has 0 unspecified atom stereocenters. The molecule has 1 saturated carbocycles. The lowest BCUT2D eigenvalue weighted by molar-refractivity contribution is 0.119. The maximum atomic E-state index is 13.0. The largest absolute Gasteiger partial charge is 0.282 e. The molecule has 3 aliphatic rings. The van der Waals surface area contributed by atoms with Gasteiger partial charge in [-0.1, -0.05) is 12.8 Å². The molecule has 0 radical (unpaired) electrons. The molecule has 1 aliphatic carbocycles. The Morgan fingerprint density at radius 3 is 2.29 bits per heavy atom. The van der Waals surface area contributed by atoms with Crippen molar-refractivity contribution in [2.24, 2.45) is 11.8 Å². The fourth-order valence-corrected chi connectivity index (χ4v) is 6.57. The molecular weight excluding hydrogens is 308 g/mol. The van der Waals surface area contributed by atoms with Gasteiger partial charge < -0.3 is 0 Å². The second kappa shape index (κ2) is 6.73. The molecule has 0 aromatic rings. The molecule has 6 heteroatoms. The third-order valence-electron chi connectivity index (χ3n) is 5.61. The van der Waals surface area contributed by atoms with Gasteiger partial charge in [-0.15, -0.1) is 11.6 Å². The first-order valence-electron chi connectivity index (χ1n) is 8.46. The van der Waals surface area contributed by atoms with Crippen LogP contribution in [0.4, 0.5) is 0 Å². The number of hydrogen-bond acceptors (Lipinski definition) is 2. The summed E-state index contributed by atoms with van der Waals surface area (Å²) in [6.45, 7) is 2.01. The molecule has 0 amide bonds. The SMILES string of the molecule is O=S(=O)(N1CCC(CCl)CC1)N1CCC[C@H]2CCCC[C@H]21. The van der Waals surface area contributed by atoms with Crippen molar-refractivity contribution in [3.8, 4) is 0 Å². The predicted octanol–water partition coefficient (Wildman–Crippen LogP) is 2.84. The summed E-state index contributed by atoms with van der Waals surface area (Å²) in [6.07, 6.45) is 8.78. The maximum absolute atomic E-state index is 13.0. The van der Waals surface area contributed by atoms with E-state index < -0.39 is 10.2 Å². The van der Waals surface area contributed by atoms with Gasteiger partial charge in [0.1, 0.15) is 0 Å². The molecule has 0 aromatic heterocycles. The van der Waals surface area contributed by atoms with Gasteiger partial charge >= 0.3 is 0 Å².